The Morgan fingerprint density at radius 3 is 2.50 bits per heavy atom. The number of carboxylic acids is 1. The van der Waals surface area contributed by atoms with Gasteiger partial charge in [0.2, 0.25) is 0 Å². The average molecular weight is 179 g/mol. The highest BCUT2D eigenvalue weighted by Gasteiger charge is 2.24. The lowest BCUT2D eigenvalue weighted by molar-refractivity contribution is -0.147. The minimum Gasteiger partial charge on any atom is -0.480 e. The summed E-state index contributed by atoms with van der Waals surface area (Å²) in [6.45, 7) is 0. The van der Waals surface area contributed by atoms with Gasteiger partial charge in [0.05, 0.1) is 7.11 Å². The fourth-order valence-corrected chi connectivity index (χ4v) is 0.548. The van der Waals surface area contributed by atoms with Gasteiger partial charge in [-0.3, -0.25) is 4.79 Å². The molecule has 0 fully saturated rings. The first kappa shape index (κ1) is 10.8. The number of nitrogens with two attached hydrogens (primary N) is 1. The monoisotopic (exact) mass is 179 g/mol. The molecule has 0 aromatic rings. The number of methoxy groups -OCH3 is 1. The smallest absolute Gasteiger partial charge is 0.340 e. The number of hydrogen-bond donors (Lipinski definition) is 2. The van der Waals surface area contributed by atoms with Crippen LogP contribution in [-0.2, 0) is 14.3 Å². The molecule has 0 saturated heterocycles. The molecule has 0 aliphatic rings. The van der Waals surface area contributed by atoms with Crippen LogP contribution in [0.2, 0.25) is 0 Å². The summed E-state index contributed by atoms with van der Waals surface area (Å²) in [6.07, 6.45) is -2.54. The van der Waals surface area contributed by atoms with Crippen molar-refractivity contribution in [1.29, 1.82) is 0 Å². The quantitative estimate of drug-likeness (QED) is 0.557. The lowest BCUT2D eigenvalue weighted by Gasteiger charge is -2.08. The van der Waals surface area contributed by atoms with Crippen LogP contribution in [0.15, 0.2) is 0 Å². The third-order valence-corrected chi connectivity index (χ3v) is 1.24. The molecule has 0 bridgehead atoms. The van der Waals surface area contributed by atoms with Crippen LogP contribution in [0, 0.1) is 0 Å². The molecule has 5 nitrogen and oxygen atoms in total. The van der Waals surface area contributed by atoms with Gasteiger partial charge < -0.3 is 15.6 Å². The molecule has 0 aliphatic carbocycles. The third-order valence-electron chi connectivity index (χ3n) is 1.24. The van der Waals surface area contributed by atoms with E-state index in [2.05, 4.69) is 4.74 Å². The number of halogens is 1. The molecule has 0 heterocycles. The molecular formula is C6H10FNO4. The first-order chi connectivity index (χ1) is 5.49. The van der Waals surface area contributed by atoms with E-state index < -0.39 is 30.6 Å². The van der Waals surface area contributed by atoms with Gasteiger partial charge in [-0.15, -0.1) is 0 Å². The zero-order valence-electron chi connectivity index (χ0n) is 6.49. The predicted octanol–water partition coefficient (Wildman–Crippen LogP) is -0.701. The second-order valence-electron chi connectivity index (χ2n) is 2.17. The first-order valence-electron chi connectivity index (χ1n) is 3.19. The minimum atomic E-state index is -1.97. The lowest BCUT2D eigenvalue weighted by atomic mass is 10.1. The molecule has 12 heavy (non-hydrogen) atoms. The number of aliphatic carboxylic acids is 1. The number of carbonyl (C=O) groups excluding carboxylic acids is 1. The van der Waals surface area contributed by atoms with E-state index in [0.717, 1.165) is 7.11 Å². The van der Waals surface area contributed by atoms with Crippen molar-refractivity contribution < 1.29 is 23.8 Å². The van der Waals surface area contributed by atoms with E-state index in [0.29, 0.717) is 0 Å². The van der Waals surface area contributed by atoms with E-state index in [9.17, 15) is 14.0 Å². The summed E-state index contributed by atoms with van der Waals surface area (Å²) >= 11 is 0. The minimum absolute atomic E-state index is 0.567. The molecular weight excluding hydrogens is 169 g/mol. The van der Waals surface area contributed by atoms with E-state index in [4.69, 9.17) is 10.8 Å². The number of esters is 1. The largest absolute Gasteiger partial charge is 0.480 e. The maximum Gasteiger partial charge on any atom is 0.340 e. The summed E-state index contributed by atoms with van der Waals surface area (Å²) in [6, 6.07) is -1.38. The Hall–Kier alpha value is -1.17. The van der Waals surface area contributed by atoms with Crippen molar-refractivity contribution in [2.75, 3.05) is 7.11 Å². The fourth-order valence-electron chi connectivity index (χ4n) is 0.548. The van der Waals surface area contributed by atoms with Crippen molar-refractivity contribution in [3.05, 3.63) is 0 Å². The zero-order valence-corrected chi connectivity index (χ0v) is 6.49. The van der Waals surface area contributed by atoms with Crippen LogP contribution < -0.4 is 5.73 Å². The number of carboxylic acid groups (broad SMARTS) is 1. The highest BCUT2D eigenvalue weighted by molar-refractivity contribution is 5.77. The van der Waals surface area contributed by atoms with Crippen molar-refractivity contribution in [2.24, 2.45) is 5.73 Å². The summed E-state index contributed by atoms with van der Waals surface area (Å²) in [4.78, 5) is 20.5. The Morgan fingerprint density at radius 2 is 2.17 bits per heavy atom. The van der Waals surface area contributed by atoms with Gasteiger partial charge in [-0.2, -0.15) is 0 Å². The Labute approximate surface area is 68.3 Å². The molecule has 0 unspecified atom stereocenters. The zero-order chi connectivity index (χ0) is 9.72. The lowest BCUT2D eigenvalue weighted by Crippen LogP contribution is -2.35. The third kappa shape index (κ3) is 3.29. The molecule has 0 aliphatic heterocycles. The molecule has 0 radical (unpaired) electrons. The average Bonchev–Trinajstić information content (AvgIpc) is 2.02. The Balaban J connectivity index is 3.91. The second kappa shape index (κ2) is 4.66. The van der Waals surface area contributed by atoms with E-state index in [1.807, 2.05) is 0 Å². The summed E-state index contributed by atoms with van der Waals surface area (Å²) in [5, 5.41) is 8.24. The van der Waals surface area contributed by atoms with Crippen LogP contribution in [0.3, 0.4) is 0 Å². The SMILES string of the molecule is COC(=O)[C@@H](F)C[C@H](N)C(=O)O. The van der Waals surface area contributed by atoms with Crippen LogP contribution >= 0.6 is 0 Å². The number of carbonyl (C=O) groups is 2. The van der Waals surface area contributed by atoms with Gasteiger partial charge in [0, 0.05) is 6.42 Å². The Morgan fingerprint density at radius 1 is 1.67 bits per heavy atom. The summed E-state index contributed by atoms with van der Waals surface area (Å²) in [7, 11) is 1.02. The Kier molecular flexibility index (Phi) is 4.20. The number of alkyl halides is 1. The Bertz CT molecular complexity index is 184. The normalized spacial score (nSPS) is 14.9. The van der Waals surface area contributed by atoms with Gasteiger partial charge in [0.15, 0.2) is 6.17 Å². The van der Waals surface area contributed by atoms with Crippen molar-refractivity contribution in [3.63, 3.8) is 0 Å². The van der Waals surface area contributed by atoms with Crippen LogP contribution in [-0.4, -0.2) is 36.4 Å². The molecule has 0 amide bonds. The molecule has 0 aromatic heterocycles. The van der Waals surface area contributed by atoms with E-state index in [-0.39, 0.29) is 0 Å². The first-order valence-corrected chi connectivity index (χ1v) is 3.19. The topological polar surface area (TPSA) is 89.6 Å². The molecule has 0 saturated carbocycles. The van der Waals surface area contributed by atoms with Crippen molar-refractivity contribution in [2.45, 2.75) is 18.6 Å². The van der Waals surface area contributed by atoms with Crippen molar-refractivity contribution >= 4 is 11.9 Å². The van der Waals surface area contributed by atoms with E-state index >= 15 is 0 Å². The molecule has 0 spiro atoms. The highest BCUT2D eigenvalue weighted by atomic mass is 19.1. The summed E-state index contributed by atoms with van der Waals surface area (Å²) in [5.74, 6) is -2.45. The molecule has 3 N–H and O–H groups in total. The van der Waals surface area contributed by atoms with Gasteiger partial charge in [-0.1, -0.05) is 0 Å². The van der Waals surface area contributed by atoms with Crippen LogP contribution in [0.25, 0.3) is 0 Å². The molecule has 70 valence electrons. The van der Waals surface area contributed by atoms with Crippen LogP contribution in [0.5, 0.6) is 0 Å². The second-order valence-corrected chi connectivity index (χ2v) is 2.17. The van der Waals surface area contributed by atoms with Crippen molar-refractivity contribution in [3.8, 4) is 0 Å². The van der Waals surface area contributed by atoms with Gasteiger partial charge in [0.25, 0.3) is 0 Å². The maximum atomic E-state index is 12.6. The fraction of sp³-hybridized carbons (Fsp3) is 0.667. The molecule has 0 aromatic carbocycles. The van der Waals surface area contributed by atoms with Gasteiger partial charge >= 0.3 is 11.9 Å². The summed E-state index contributed by atoms with van der Waals surface area (Å²) < 4.78 is 16.6. The summed E-state index contributed by atoms with van der Waals surface area (Å²) in [5.41, 5.74) is 4.96. The van der Waals surface area contributed by atoms with Gasteiger partial charge in [0.1, 0.15) is 6.04 Å². The van der Waals surface area contributed by atoms with Gasteiger partial charge in [-0.05, 0) is 0 Å². The standard InChI is InChI=1S/C6H10FNO4/c1-12-6(11)3(7)2-4(8)5(9)10/h3-4H,2,8H2,1H3,(H,9,10)/t3-,4-/m0/s1. The van der Waals surface area contributed by atoms with Gasteiger partial charge in [-0.25, -0.2) is 9.18 Å². The number of ether oxygens (including phenoxy) is 1. The molecule has 6 heteroatoms. The number of hydrogen-bond acceptors (Lipinski definition) is 4. The molecule has 0 rings (SSSR count). The number of rotatable bonds is 4. The highest BCUT2D eigenvalue weighted by Crippen LogP contribution is 2.02. The van der Waals surface area contributed by atoms with Crippen molar-refractivity contribution in [1.82, 2.24) is 0 Å². The van der Waals surface area contributed by atoms with E-state index in [1.54, 1.807) is 0 Å². The maximum absolute atomic E-state index is 12.6. The van der Waals surface area contributed by atoms with Crippen LogP contribution in [0.4, 0.5) is 4.39 Å². The van der Waals surface area contributed by atoms with E-state index in [1.165, 1.54) is 0 Å². The molecule has 2 atom stereocenters. The predicted molar refractivity (Wildman–Crippen MR) is 37.1 cm³/mol. The van der Waals surface area contributed by atoms with Crippen LogP contribution in [0.1, 0.15) is 6.42 Å².